The lowest BCUT2D eigenvalue weighted by molar-refractivity contribution is 0.0392. The zero-order valence-electron chi connectivity index (χ0n) is 20.0. The highest BCUT2D eigenvalue weighted by Gasteiger charge is 2.18. The number of rotatable bonds is 11. The van der Waals surface area contributed by atoms with E-state index in [-0.39, 0.29) is 24.0 Å². The SMILES string of the molecule is CN=C(NCc1cccc(OCCN(C)C2CCOCC2)c1)NC(C)CCC(C)C.I. The van der Waals surface area contributed by atoms with Crippen molar-refractivity contribution >= 4 is 29.9 Å². The number of hydrogen-bond donors (Lipinski definition) is 2. The smallest absolute Gasteiger partial charge is 0.191 e. The molecule has 1 aromatic rings. The molecule has 0 aliphatic carbocycles. The summed E-state index contributed by atoms with van der Waals surface area (Å²) in [4.78, 5) is 6.75. The van der Waals surface area contributed by atoms with Gasteiger partial charge >= 0.3 is 0 Å². The van der Waals surface area contributed by atoms with Crippen molar-refractivity contribution in [1.82, 2.24) is 15.5 Å². The van der Waals surface area contributed by atoms with Crippen molar-refractivity contribution in [3.05, 3.63) is 29.8 Å². The number of halogens is 1. The van der Waals surface area contributed by atoms with E-state index in [1.54, 1.807) is 0 Å². The largest absolute Gasteiger partial charge is 0.492 e. The highest BCUT2D eigenvalue weighted by Crippen LogP contribution is 2.15. The van der Waals surface area contributed by atoms with Crippen LogP contribution in [0.5, 0.6) is 5.75 Å². The molecule has 0 bridgehead atoms. The van der Waals surface area contributed by atoms with Gasteiger partial charge in [0.1, 0.15) is 12.4 Å². The zero-order valence-corrected chi connectivity index (χ0v) is 22.4. The summed E-state index contributed by atoms with van der Waals surface area (Å²) in [5, 5.41) is 6.89. The molecule has 0 saturated carbocycles. The van der Waals surface area contributed by atoms with E-state index in [9.17, 15) is 0 Å². The van der Waals surface area contributed by atoms with Gasteiger partial charge in [-0.1, -0.05) is 26.0 Å². The molecule has 0 spiro atoms. The summed E-state index contributed by atoms with van der Waals surface area (Å²) in [6.45, 7) is 10.8. The summed E-state index contributed by atoms with van der Waals surface area (Å²) >= 11 is 0. The number of nitrogens with one attached hydrogen (secondary N) is 2. The minimum Gasteiger partial charge on any atom is -0.492 e. The molecule has 1 aliphatic heterocycles. The monoisotopic (exact) mass is 546 g/mol. The Balaban J connectivity index is 0.00000480. The molecule has 1 aliphatic rings. The van der Waals surface area contributed by atoms with Crippen LogP contribution in [-0.4, -0.2) is 63.4 Å². The van der Waals surface area contributed by atoms with Crippen LogP contribution in [0.15, 0.2) is 29.3 Å². The Morgan fingerprint density at radius 2 is 1.97 bits per heavy atom. The molecule has 1 atom stereocenters. The van der Waals surface area contributed by atoms with Crippen LogP contribution >= 0.6 is 24.0 Å². The maximum absolute atomic E-state index is 6.01. The Bertz CT molecular complexity index is 636. The van der Waals surface area contributed by atoms with Crippen molar-refractivity contribution in [3.8, 4) is 5.75 Å². The summed E-state index contributed by atoms with van der Waals surface area (Å²) in [5.41, 5.74) is 1.18. The first-order valence-electron chi connectivity index (χ1n) is 11.4. The maximum Gasteiger partial charge on any atom is 0.191 e. The topological polar surface area (TPSA) is 58.1 Å². The average Bonchev–Trinajstić information content (AvgIpc) is 2.76. The van der Waals surface area contributed by atoms with Crippen LogP contribution in [0.1, 0.15) is 52.0 Å². The molecule has 1 saturated heterocycles. The zero-order chi connectivity index (χ0) is 21.8. The fourth-order valence-corrected chi connectivity index (χ4v) is 3.63. The van der Waals surface area contributed by atoms with Crippen LogP contribution in [0.3, 0.4) is 0 Å². The molecule has 0 aromatic heterocycles. The molecule has 2 rings (SSSR count). The van der Waals surface area contributed by atoms with Gasteiger partial charge in [-0.05, 0) is 63.3 Å². The van der Waals surface area contributed by atoms with Crippen molar-refractivity contribution < 1.29 is 9.47 Å². The Hall–Kier alpha value is -1.06. The van der Waals surface area contributed by atoms with E-state index in [0.717, 1.165) is 63.2 Å². The highest BCUT2D eigenvalue weighted by atomic mass is 127. The summed E-state index contributed by atoms with van der Waals surface area (Å²) in [5.74, 6) is 2.49. The van der Waals surface area contributed by atoms with Crippen molar-refractivity contribution in [1.29, 1.82) is 0 Å². The van der Waals surface area contributed by atoms with Gasteiger partial charge in [-0.2, -0.15) is 0 Å². The van der Waals surface area contributed by atoms with Gasteiger partial charge in [0, 0.05) is 45.4 Å². The predicted octanol–water partition coefficient (Wildman–Crippen LogP) is 4.28. The van der Waals surface area contributed by atoms with Gasteiger partial charge in [-0.25, -0.2) is 0 Å². The number of benzene rings is 1. The minimum atomic E-state index is 0. The van der Waals surface area contributed by atoms with Crippen LogP contribution < -0.4 is 15.4 Å². The third-order valence-electron chi connectivity index (χ3n) is 5.67. The summed E-state index contributed by atoms with van der Waals surface area (Å²) in [6.07, 6.45) is 4.59. The van der Waals surface area contributed by atoms with Crippen molar-refractivity contribution in [3.63, 3.8) is 0 Å². The van der Waals surface area contributed by atoms with Crippen LogP contribution in [0.4, 0.5) is 0 Å². The van der Waals surface area contributed by atoms with E-state index in [1.165, 1.54) is 12.0 Å². The van der Waals surface area contributed by atoms with E-state index in [0.29, 0.717) is 18.7 Å². The Morgan fingerprint density at radius 3 is 2.65 bits per heavy atom. The number of likely N-dealkylation sites (N-methyl/N-ethyl adjacent to an activating group) is 1. The predicted molar refractivity (Wildman–Crippen MR) is 141 cm³/mol. The molecular weight excluding hydrogens is 503 g/mol. The third-order valence-corrected chi connectivity index (χ3v) is 5.67. The first-order valence-corrected chi connectivity index (χ1v) is 11.4. The first-order chi connectivity index (χ1) is 14.5. The Morgan fingerprint density at radius 1 is 1.23 bits per heavy atom. The van der Waals surface area contributed by atoms with Gasteiger partial charge in [-0.15, -0.1) is 24.0 Å². The van der Waals surface area contributed by atoms with E-state index < -0.39 is 0 Å². The number of aliphatic imine (C=N–C) groups is 1. The third kappa shape index (κ3) is 11.4. The first kappa shape index (κ1) is 28.0. The number of nitrogens with zero attached hydrogens (tertiary/aromatic N) is 2. The van der Waals surface area contributed by atoms with Gasteiger partial charge in [0.25, 0.3) is 0 Å². The molecule has 1 heterocycles. The second-order valence-corrected chi connectivity index (χ2v) is 8.76. The molecule has 178 valence electrons. The lowest BCUT2D eigenvalue weighted by Crippen LogP contribution is -2.41. The van der Waals surface area contributed by atoms with E-state index >= 15 is 0 Å². The minimum absolute atomic E-state index is 0. The fourth-order valence-electron chi connectivity index (χ4n) is 3.63. The molecule has 1 fully saturated rings. The van der Waals surface area contributed by atoms with Gasteiger partial charge in [0.15, 0.2) is 5.96 Å². The van der Waals surface area contributed by atoms with Gasteiger partial charge in [0.05, 0.1) is 0 Å². The molecule has 31 heavy (non-hydrogen) atoms. The molecule has 1 aromatic carbocycles. The van der Waals surface area contributed by atoms with Crippen molar-refractivity contribution in [2.24, 2.45) is 10.9 Å². The van der Waals surface area contributed by atoms with Crippen LogP contribution in [0.2, 0.25) is 0 Å². The standard InChI is InChI=1S/C24H42N4O2.HI/c1-19(2)9-10-20(3)27-24(25-4)26-18-21-7-6-8-23(17-21)30-16-13-28(5)22-11-14-29-15-12-22;/h6-8,17,19-20,22H,9-16,18H2,1-5H3,(H2,25,26,27);1H. The summed E-state index contributed by atoms with van der Waals surface area (Å²) in [7, 11) is 4.00. The highest BCUT2D eigenvalue weighted by molar-refractivity contribution is 14.0. The maximum atomic E-state index is 6.01. The Kier molecular flexibility index (Phi) is 14.2. The molecule has 2 N–H and O–H groups in total. The number of ether oxygens (including phenoxy) is 2. The fraction of sp³-hybridized carbons (Fsp3) is 0.708. The molecule has 0 radical (unpaired) electrons. The van der Waals surface area contributed by atoms with Crippen LogP contribution in [0.25, 0.3) is 0 Å². The second-order valence-electron chi connectivity index (χ2n) is 8.76. The average molecular weight is 547 g/mol. The molecule has 6 nitrogen and oxygen atoms in total. The lowest BCUT2D eigenvalue weighted by atomic mass is 10.0. The second kappa shape index (κ2) is 15.7. The molecule has 7 heteroatoms. The van der Waals surface area contributed by atoms with Crippen molar-refractivity contribution in [2.45, 2.75) is 65.1 Å². The van der Waals surface area contributed by atoms with Gasteiger partial charge in [0.2, 0.25) is 0 Å². The number of guanidine groups is 1. The Labute approximate surface area is 206 Å². The normalized spacial score (nSPS) is 16.2. The van der Waals surface area contributed by atoms with E-state index in [2.05, 4.69) is 66.5 Å². The molecule has 1 unspecified atom stereocenters. The van der Waals surface area contributed by atoms with Crippen molar-refractivity contribution in [2.75, 3.05) is 40.5 Å². The number of hydrogen-bond acceptors (Lipinski definition) is 4. The van der Waals surface area contributed by atoms with Gasteiger partial charge < -0.3 is 20.1 Å². The summed E-state index contributed by atoms with van der Waals surface area (Å²) < 4.78 is 11.5. The molecular formula is C24H43IN4O2. The van der Waals surface area contributed by atoms with Crippen LogP contribution in [0, 0.1) is 5.92 Å². The summed E-state index contributed by atoms with van der Waals surface area (Å²) in [6, 6.07) is 9.32. The quantitative estimate of drug-likeness (QED) is 0.247. The lowest BCUT2D eigenvalue weighted by Gasteiger charge is -2.31. The van der Waals surface area contributed by atoms with Crippen LogP contribution in [-0.2, 0) is 11.3 Å². The van der Waals surface area contributed by atoms with E-state index in [1.807, 2.05) is 13.1 Å². The van der Waals surface area contributed by atoms with E-state index in [4.69, 9.17) is 9.47 Å². The van der Waals surface area contributed by atoms with Gasteiger partial charge in [-0.3, -0.25) is 9.89 Å². The molecule has 0 amide bonds.